The van der Waals surface area contributed by atoms with Gasteiger partial charge in [-0.1, -0.05) is 17.2 Å². The molecule has 5 nitrogen and oxygen atoms in total. The number of aromatic nitrogens is 1. The van der Waals surface area contributed by atoms with Crippen LogP contribution in [0.3, 0.4) is 0 Å². The monoisotopic (exact) mass is 371 g/mol. The molecule has 1 aliphatic heterocycles. The number of piperidine rings is 1. The summed E-state index contributed by atoms with van der Waals surface area (Å²) >= 11 is 1.55. The Bertz CT molecular complexity index is 795. The molecule has 1 aliphatic rings. The molecule has 0 radical (unpaired) electrons. The number of benzene rings is 1. The van der Waals surface area contributed by atoms with Gasteiger partial charge in [0.05, 0.1) is 12.5 Å². The van der Waals surface area contributed by atoms with Crippen LogP contribution in [0.5, 0.6) is 0 Å². The quantitative estimate of drug-likeness (QED) is 0.897. The summed E-state index contributed by atoms with van der Waals surface area (Å²) in [5.41, 5.74) is 3.85. The van der Waals surface area contributed by atoms with Gasteiger partial charge < -0.3 is 10.2 Å². The molecule has 1 N–H and O–H groups in total. The first kappa shape index (κ1) is 18.6. The molecule has 2 aromatic rings. The van der Waals surface area contributed by atoms with Crippen LogP contribution in [0, 0.1) is 26.7 Å². The van der Waals surface area contributed by atoms with Gasteiger partial charge in [-0.15, -0.1) is 11.3 Å². The van der Waals surface area contributed by atoms with Crippen molar-refractivity contribution in [1.82, 2.24) is 15.2 Å². The zero-order valence-corrected chi connectivity index (χ0v) is 16.4. The molecule has 1 fully saturated rings. The third-order valence-electron chi connectivity index (χ3n) is 4.63. The Balaban J connectivity index is 1.61. The van der Waals surface area contributed by atoms with E-state index < -0.39 is 0 Å². The highest BCUT2D eigenvalue weighted by Gasteiger charge is 2.29. The van der Waals surface area contributed by atoms with Gasteiger partial charge in [0, 0.05) is 29.7 Å². The molecule has 3 rings (SSSR count). The lowest BCUT2D eigenvalue weighted by atomic mass is 9.96. The molecule has 6 heteroatoms. The lowest BCUT2D eigenvalue weighted by Crippen LogP contribution is -2.45. The number of rotatable bonds is 4. The summed E-state index contributed by atoms with van der Waals surface area (Å²) in [4.78, 5) is 31.5. The first-order chi connectivity index (χ1) is 12.4. The average Bonchev–Trinajstić information content (AvgIpc) is 3.03. The molecule has 0 bridgehead atoms. The maximum absolute atomic E-state index is 12.8. The Hall–Kier alpha value is -2.21. The van der Waals surface area contributed by atoms with Crippen molar-refractivity contribution in [3.8, 4) is 0 Å². The number of nitrogens with zero attached hydrogens (tertiary/aromatic N) is 2. The highest BCUT2D eigenvalue weighted by molar-refractivity contribution is 7.09. The van der Waals surface area contributed by atoms with E-state index in [1.165, 1.54) is 0 Å². The third-order valence-corrected chi connectivity index (χ3v) is 5.60. The van der Waals surface area contributed by atoms with Gasteiger partial charge in [-0.05, 0) is 45.7 Å². The highest BCUT2D eigenvalue weighted by atomic mass is 32.1. The largest absolute Gasteiger partial charge is 0.349 e. The molecule has 2 amide bonds. The van der Waals surface area contributed by atoms with Crippen LogP contribution < -0.4 is 5.32 Å². The zero-order chi connectivity index (χ0) is 18.7. The third kappa shape index (κ3) is 4.49. The predicted octanol–water partition coefficient (Wildman–Crippen LogP) is 3.24. The highest BCUT2D eigenvalue weighted by Crippen LogP contribution is 2.20. The first-order valence-electron chi connectivity index (χ1n) is 8.98. The molecule has 26 heavy (non-hydrogen) atoms. The van der Waals surface area contributed by atoms with Crippen molar-refractivity contribution < 1.29 is 9.59 Å². The first-order valence-corrected chi connectivity index (χ1v) is 9.86. The van der Waals surface area contributed by atoms with E-state index in [1.807, 2.05) is 43.2 Å². The summed E-state index contributed by atoms with van der Waals surface area (Å²) in [5.74, 6) is -0.125. The van der Waals surface area contributed by atoms with Gasteiger partial charge in [-0.25, -0.2) is 4.98 Å². The second-order valence-electron chi connectivity index (χ2n) is 7.07. The van der Waals surface area contributed by atoms with Crippen LogP contribution in [-0.2, 0) is 11.3 Å². The number of likely N-dealkylation sites (tertiary alicyclic amines) is 1. The molecule has 138 valence electrons. The fraction of sp³-hybridized carbons (Fsp3) is 0.450. The van der Waals surface area contributed by atoms with Crippen molar-refractivity contribution in [2.45, 2.75) is 40.2 Å². The van der Waals surface area contributed by atoms with Crippen LogP contribution in [-0.4, -0.2) is 34.8 Å². The summed E-state index contributed by atoms with van der Waals surface area (Å²) < 4.78 is 0. The van der Waals surface area contributed by atoms with E-state index in [4.69, 9.17) is 0 Å². The number of amides is 2. The van der Waals surface area contributed by atoms with Gasteiger partial charge in [-0.2, -0.15) is 0 Å². The molecule has 1 saturated heterocycles. The van der Waals surface area contributed by atoms with Crippen LogP contribution in [0.1, 0.15) is 45.0 Å². The molecular formula is C20H25N3O2S. The maximum atomic E-state index is 12.8. The van der Waals surface area contributed by atoms with Crippen molar-refractivity contribution in [2.75, 3.05) is 13.1 Å². The van der Waals surface area contributed by atoms with E-state index in [0.717, 1.165) is 34.7 Å². The lowest BCUT2D eigenvalue weighted by molar-refractivity contribution is -0.126. The summed E-state index contributed by atoms with van der Waals surface area (Å²) in [6.07, 6.45) is 1.67. The molecular weight excluding hydrogens is 346 g/mol. The fourth-order valence-electron chi connectivity index (χ4n) is 3.45. The molecule has 1 aromatic heterocycles. The van der Waals surface area contributed by atoms with Gasteiger partial charge >= 0.3 is 0 Å². The molecule has 2 heterocycles. The average molecular weight is 372 g/mol. The molecule has 0 saturated carbocycles. The Morgan fingerprint density at radius 2 is 1.96 bits per heavy atom. The van der Waals surface area contributed by atoms with Crippen LogP contribution in [0.2, 0.25) is 0 Å². The van der Waals surface area contributed by atoms with Crippen LogP contribution in [0.25, 0.3) is 0 Å². The fourth-order valence-corrected chi connectivity index (χ4v) is 4.16. The number of hydrogen-bond acceptors (Lipinski definition) is 4. The van der Waals surface area contributed by atoms with Crippen molar-refractivity contribution >= 4 is 23.2 Å². The SMILES string of the molecule is Cc1cc(C)cc(C(=O)N2CCC[C@H](C(=O)NCc3nc(C)cs3)C2)c1. The van der Waals surface area contributed by atoms with Crippen LogP contribution in [0.4, 0.5) is 0 Å². The van der Waals surface area contributed by atoms with Gasteiger partial charge in [0.2, 0.25) is 5.91 Å². The minimum absolute atomic E-state index is 0.00998. The number of carbonyl (C=O) groups excluding carboxylic acids is 2. The Morgan fingerprint density at radius 3 is 2.62 bits per heavy atom. The number of carbonyl (C=O) groups is 2. The number of thiazole rings is 1. The minimum Gasteiger partial charge on any atom is -0.349 e. The van der Waals surface area contributed by atoms with Crippen LogP contribution >= 0.6 is 11.3 Å². The summed E-state index contributed by atoms with van der Waals surface area (Å²) in [6, 6.07) is 5.90. The van der Waals surface area contributed by atoms with E-state index >= 15 is 0 Å². The van der Waals surface area contributed by atoms with Crippen molar-refractivity contribution in [2.24, 2.45) is 5.92 Å². The number of nitrogens with one attached hydrogen (secondary N) is 1. The topological polar surface area (TPSA) is 62.3 Å². The smallest absolute Gasteiger partial charge is 0.253 e. The van der Waals surface area contributed by atoms with E-state index in [-0.39, 0.29) is 17.7 Å². The van der Waals surface area contributed by atoms with Gasteiger partial charge in [-0.3, -0.25) is 9.59 Å². The minimum atomic E-state index is -0.153. The van der Waals surface area contributed by atoms with E-state index in [1.54, 1.807) is 11.3 Å². The molecule has 0 aliphatic carbocycles. The summed E-state index contributed by atoms with van der Waals surface area (Å²) in [6.45, 7) is 7.58. The second-order valence-corrected chi connectivity index (χ2v) is 8.01. The van der Waals surface area contributed by atoms with Gasteiger partial charge in [0.1, 0.15) is 5.01 Å². The summed E-state index contributed by atoms with van der Waals surface area (Å²) in [7, 11) is 0. The Kier molecular flexibility index (Phi) is 5.71. The predicted molar refractivity (Wildman–Crippen MR) is 103 cm³/mol. The Labute approximate surface area is 158 Å². The molecule has 1 aromatic carbocycles. The van der Waals surface area contributed by atoms with E-state index in [0.29, 0.717) is 25.2 Å². The van der Waals surface area contributed by atoms with Crippen LogP contribution in [0.15, 0.2) is 23.6 Å². The maximum Gasteiger partial charge on any atom is 0.253 e. The molecule has 1 atom stereocenters. The normalized spacial score (nSPS) is 17.2. The molecule has 0 unspecified atom stereocenters. The number of aryl methyl sites for hydroxylation is 3. The van der Waals surface area contributed by atoms with Crippen molar-refractivity contribution in [3.05, 3.63) is 51.0 Å². The van der Waals surface area contributed by atoms with Gasteiger partial charge in [0.25, 0.3) is 5.91 Å². The summed E-state index contributed by atoms with van der Waals surface area (Å²) in [5, 5.41) is 5.86. The van der Waals surface area contributed by atoms with E-state index in [9.17, 15) is 9.59 Å². The second kappa shape index (κ2) is 7.99. The zero-order valence-electron chi connectivity index (χ0n) is 15.5. The van der Waals surface area contributed by atoms with E-state index in [2.05, 4.69) is 16.4 Å². The van der Waals surface area contributed by atoms with Crippen molar-refractivity contribution in [3.63, 3.8) is 0 Å². The van der Waals surface area contributed by atoms with Crippen molar-refractivity contribution in [1.29, 1.82) is 0 Å². The Morgan fingerprint density at radius 1 is 1.23 bits per heavy atom. The standard InChI is InChI=1S/C20H25N3O2S/c1-13-7-14(2)9-17(8-13)20(25)23-6-4-5-16(11-23)19(24)21-10-18-22-15(3)12-26-18/h7-9,12,16H,4-6,10-11H2,1-3H3,(H,21,24)/t16-/m0/s1. The van der Waals surface area contributed by atoms with Gasteiger partial charge in [0.15, 0.2) is 0 Å². The molecule has 0 spiro atoms. The number of hydrogen-bond donors (Lipinski definition) is 1. The lowest BCUT2D eigenvalue weighted by Gasteiger charge is -2.32.